The van der Waals surface area contributed by atoms with E-state index in [-0.39, 0.29) is 0 Å². The summed E-state index contributed by atoms with van der Waals surface area (Å²) >= 11 is 5.91. The van der Waals surface area contributed by atoms with Gasteiger partial charge in [-0.3, -0.25) is 4.40 Å². The molecule has 0 aliphatic heterocycles. The van der Waals surface area contributed by atoms with Crippen molar-refractivity contribution in [3.63, 3.8) is 0 Å². The third-order valence-electron chi connectivity index (χ3n) is 2.64. The van der Waals surface area contributed by atoms with Crippen LogP contribution < -0.4 is 5.32 Å². The molecule has 1 fully saturated rings. The van der Waals surface area contributed by atoms with Gasteiger partial charge in [-0.05, 0) is 12.8 Å². The Morgan fingerprint density at radius 2 is 2.33 bits per heavy atom. The highest BCUT2D eigenvalue weighted by atomic mass is 35.5. The molecule has 0 amide bonds. The second kappa shape index (κ2) is 3.34. The maximum Gasteiger partial charge on any atom is 0.203 e. The van der Waals surface area contributed by atoms with Crippen LogP contribution in [-0.4, -0.2) is 31.0 Å². The normalized spacial score (nSPS) is 25.1. The zero-order valence-corrected chi connectivity index (χ0v) is 8.72. The molecule has 0 bridgehead atoms. The van der Waals surface area contributed by atoms with E-state index in [0.29, 0.717) is 11.4 Å². The average molecular weight is 224 g/mol. The fourth-order valence-corrected chi connectivity index (χ4v) is 2.15. The fraction of sp³-hybridized carbons (Fsp3) is 0.444. The molecule has 1 saturated carbocycles. The Morgan fingerprint density at radius 3 is 3.13 bits per heavy atom. The van der Waals surface area contributed by atoms with Gasteiger partial charge >= 0.3 is 0 Å². The molecule has 1 N–H and O–H groups in total. The van der Waals surface area contributed by atoms with Crippen LogP contribution in [0, 0.1) is 0 Å². The molecule has 1 aliphatic carbocycles. The predicted molar refractivity (Wildman–Crippen MR) is 57.1 cm³/mol. The van der Waals surface area contributed by atoms with Crippen molar-refractivity contribution in [1.82, 2.24) is 19.6 Å². The lowest BCUT2D eigenvalue weighted by atomic mass is 9.92. The highest BCUT2D eigenvalue weighted by molar-refractivity contribution is 6.21. The van der Waals surface area contributed by atoms with E-state index < -0.39 is 0 Å². The number of halogens is 1. The molecule has 78 valence electrons. The second-order valence-corrected chi connectivity index (χ2v) is 4.36. The van der Waals surface area contributed by atoms with Crippen molar-refractivity contribution >= 4 is 23.1 Å². The Kier molecular flexibility index (Phi) is 1.98. The molecule has 15 heavy (non-hydrogen) atoms. The van der Waals surface area contributed by atoms with E-state index in [2.05, 4.69) is 20.5 Å². The summed E-state index contributed by atoms with van der Waals surface area (Å²) in [7, 11) is 0. The smallest absolute Gasteiger partial charge is 0.203 e. The minimum atomic E-state index is 0.306. The molecule has 0 aromatic carbocycles. The van der Waals surface area contributed by atoms with Crippen molar-refractivity contribution in [3.8, 4) is 0 Å². The summed E-state index contributed by atoms with van der Waals surface area (Å²) in [5.41, 5.74) is 0.760. The van der Waals surface area contributed by atoms with Gasteiger partial charge in [0, 0.05) is 23.8 Å². The first-order chi connectivity index (χ1) is 7.33. The van der Waals surface area contributed by atoms with Crippen LogP contribution in [0.5, 0.6) is 0 Å². The zero-order chi connectivity index (χ0) is 10.3. The number of rotatable bonds is 2. The number of fused-ring (bicyclic) bond motifs is 1. The lowest BCUT2D eigenvalue weighted by Gasteiger charge is -2.31. The van der Waals surface area contributed by atoms with Crippen LogP contribution >= 0.6 is 11.6 Å². The van der Waals surface area contributed by atoms with Gasteiger partial charge in [0.2, 0.25) is 5.65 Å². The standard InChI is InChI=1S/C9H10ClN5/c10-6-3-7(4-6)13-8-9-14-12-5-15(9)2-1-11-8/h1-2,5-7H,3-4H2,(H,11,13). The molecule has 1 aliphatic rings. The number of nitrogens with one attached hydrogen (secondary N) is 1. The van der Waals surface area contributed by atoms with Gasteiger partial charge in [-0.15, -0.1) is 21.8 Å². The Bertz CT molecular complexity index is 476. The van der Waals surface area contributed by atoms with E-state index in [1.54, 1.807) is 12.5 Å². The van der Waals surface area contributed by atoms with E-state index in [1.165, 1.54) is 0 Å². The first kappa shape index (κ1) is 8.91. The van der Waals surface area contributed by atoms with Crippen LogP contribution in [0.2, 0.25) is 0 Å². The SMILES string of the molecule is ClC1CC(Nc2nccn3cnnc23)C1. The van der Waals surface area contributed by atoms with Crippen LogP contribution in [0.3, 0.4) is 0 Å². The molecular weight excluding hydrogens is 214 g/mol. The minimum Gasteiger partial charge on any atom is -0.364 e. The first-order valence-electron chi connectivity index (χ1n) is 4.88. The Labute approximate surface area is 91.5 Å². The third kappa shape index (κ3) is 1.52. The summed E-state index contributed by atoms with van der Waals surface area (Å²) in [6.45, 7) is 0. The minimum absolute atomic E-state index is 0.306. The van der Waals surface area contributed by atoms with Crippen LogP contribution in [0.1, 0.15) is 12.8 Å². The maximum atomic E-state index is 5.91. The monoisotopic (exact) mass is 223 g/mol. The number of nitrogens with zero attached hydrogens (tertiary/aromatic N) is 4. The highest BCUT2D eigenvalue weighted by Crippen LogP contribution is 2.28. The summed E-state index contributed by atoms with van der Waals surface area (Å²) < 4.78 is 1.84. The summed E-state index contributed by atoms with van der Waals surface area (Å²) in [4.78, 5) is 4.25. The summed E-state index contributed by atoms with van der Waals surface area (Å²) in [5.74, 6) is 0.781. The Balaban J connectivity index is 1.87. The van der Waals surface area contributed by atoms with Crippen molar-refractivity contribution in [3.05, 3.63) is 18.7 Å². The van der Waals surface area contributed by atoms with Crippen molar-refractivity contribution in [2.24, 2.45) is 0 Å². The molecule has 0 atom stereocenters. The maximum absolute atomic E-state index is 5.91. The van der Waals surface area contributed by atoms with Crippen molar-refractivity contribution in [2.45, 2.75) is 24.3 Å². The third-order valence-corrected chi connectivity index (χ3v) is 2.99. The number of hydrogen-bond acceptors (Lipinski definition) is 4. The molecular formula is C9H10ClN5. The number of hydrogen-bond donors (Lipinski definition) is 1. The van der Waals surface area contributed by atoms with Gasteiger partial charge in [-0.25, -0.2) is 4.98 Å². The van der Waals surface area contributed by atoms with E-state index >= 15 is 0 Å². The highest BCUT2D eigenvalue weighted by Gasteiger charge is 2.27. The summed E-state index contributed by atoms with van der Waals surface area (Å²) in [5, 5.41) is 11.5. The molecule has 2 aromatic rings. The van der Waals surface area contributed by atoms with E-state index in [9.17, 15) is 0 Å². The van der Waals surface area contributed by atoms with Crippen LogP contribution in [-0.2, 0) is 0 Å². The summed E-state index contributed by atoms with van der Waals surface area (Å²) in [6.07, 6.45) is 7.19. The van der Waals surface area contributed by atoms with Gasteiger partial charge in [0.1, 0.15) is 6.33 Å². The molecule has 5 nitrogen and oxygen atoms in total. The zero-order valence-electron chi connectivity index (χ0n) is 7.97. The molecule has 2 heterocycles. The van der Waals surface area contributed by atoms with Gasteiger partial charge in [-0.1, -0.05) is 0 Å². The number of alkyl halides is 1. The number of anilines is 1. The van der Waals surface area contributed by atoms with Crippen LogP contribution in [0.15, 0.2) is 18.7 Å². The van der Waals surface area contributed by atoms with Gasteiger partial charge in [0.05, 0.1) is 0 Å². The quantitative estimate of drug-likeness (QED) is 0.780. The Hall–Kier alpha value is -1.36. The second-order valence-electron chi connectivity index (χ2n) is 3.75. The Morgan fingerprint density at radius 1 is 1.47 bits per heavy atom. The van der Waals surface area contributed by atoms with E-state index in [1.807, 2.05) is 10.6 Å². The van der Waals surface area contributed by atoms with Crippen LogP contribution in [0.25, 0.3) is 5.65 Å². The number of aromatic nitrogens is 4. The van der Waals surface area contributed by atoms with Crippen molar-refractivity contribution in [1.29, 1.82) is 0 Å². The molecule has 0 spiro atoms. The molecule has 6 heteroatoms. The van der Waals surface area contributed by atoms with E-state index in [4.69, 9.17) is 11.6 Å². The molecule has 0 unspecified atom stereocenters. The van der Waals surface area contributed by atoms with Gasteiger partial charge in [-0.2, -0.15) is 0 Å². The van der Waals surface area contributed by atoms with Crippen molar-refractivity contribution in [2.75, 3.05) is 5.32 Å². The molecule has 0 radical (unpaired) electrons. The fourth-order valence-electron chi connectivity index (χ4n) is 1.72. The average Bonchev–Trinajstić information content (AvgIpc) is 2.64. The van der Waals surface area contributed by atoms with Gasteiger partial charge in [0.15, 0.2) is 5.82 Å². The molecule has 3 rings (SSSR count). The van der Waals surface area contributed by atoms with Crippen LogP contribution in [0.4, 0.5) is 5.82 Å². The predicted octanol–water partition coefficient (Wildman–Crippen LogP) is 1.31. The van der Waals surface area contributed by atoms with E-state index in [0.717, 1.165) is 24.3 Å². The lowest BCUT2D eigenvalue weighted by molar-refractivity contribution is 0.453. The lowest BCUT2D eigenvalue weighted by Crippen LogP contribution is -2.36. The summed E-state index contributed by atoms with van der Waals surface area (Å²) in [6, 6.07) is 0.419. The molecule has 2 aromatic heterocycles. The molecule has 0 saturated heterocycles. The largest absolute Gasteiger partial charge is 0.364 e. The van der Waals surface area contributed by atoms with Gasteiger partial charge in [0.25, 0.3) is 0 Å². The topological polar surface area (TPSA) is 55.1 Å². The first-order valence-corrected chi connectivity index (χ1v) is 5.31. The van der Waals surface area contributed by atoms with Crippen molar-refractivity contribution < 1.29 is 0 Å². The van der Waals surface area contributed by atoms with Gasteiger partial charge < -0.3 is 5.32 Å².